The Morgan fingerprint density at radius 3 is 2.24 bits per heavy atom. The lowest BCUT2D eigenvalue weighted by atomic mass is 10.2. The summed E-state index contributed by atoms with van der Waals surface area (Å²) in [6.07, 6.45) is 0. The lowest BCUT2D eigenvalue weighted by Crippen LogP contribution is -2.43. The third-order valence-corrected chi connectivity index (χ3v) is 3.32. The van der Waals surface area contributed by atoms with Gasteiger partial charge < -0.3 is 20.1 Å². The maximum Gasteiger partial charge on any atom is 0.258 e. The number of anilines is 1. The number of ether oxygens (including phenoxy) is 2. The summed E-state index contributed by atoms with van der Waals surface area (Å²) in [4.78, 5) is 24.0. The van der Waals surface area contributed by atoms with Crippen LogP contribution in [0.4, 0.5) is 5.69 Å². The molecule has 0 spiro atoms. The first-order chi connectivity index (χ1) is 12.1. The molecular formula is C19H22N2O4. The minimum absolute atomic E-state index is 0.148. The van der Waals surface area contributed by atoms with Crippen molar-refractivity contribution in [2.45, 2.75) is 19.9 Å². The number of carbonyl (C=O) groups excluding carboxylic acids is 2. The van der Waals surface area contributed by atoms with E-state index in [-0.39, 0.29) is 18.4 Å². The fourth-order valence-electron chi connectivity index (χ4n) is 2.07. The summed E-state index contributed by atoms with van der Waals surface area (Å²) in [6, 6.07) is 15.4. The number of benzene rings is 2. The monoisotopic (exact) mass is 342 g/mol. The van der Waals surface area contributed by atoms with Gasteiger partial charge in [-0.15, -0.1) is 0 Å². The molecule has 2 aromatic carbocycles. The van der Waals surface area contributed by atoms with Crippen molar-refractivity contribution in [3.8, 4) is 11.5 Å². The van der Waals surface area contributed by atoms with E-state index in [9.17, 15) is 9.59 Å². The summed E-state index contributed by atoms with van der Waals surface area (Å²) in [5, 5.41) is 5.34. The summed E-state index contributed by atoms with van der Waals surface area (Å²) in [5.74, 6) is 0.666. The standard InChI is InChI=1S/C19H22N2O4/c1-3-24-17-11-9-15(10-12-17)21-19(23)14(2)20-18(22)13-25-16-7-5-4-6-8-16/h4-12,14H,3,13H2,1-2H3,(H,20,22)(H,21,23)/t14-/m0/s1. The van der Waals surface area contributed by atoms with E-state index >= 15 is 0 Å². The Bertz CT molecular complexity index is 686. The number of para-hydroxylation sites is 1. The Balaban J connectivity index is 1.78. The van der Waals surface area contributed by atoms with Crippen molar-refractivity contribution in [2.75, 3.05) is 18.5 Å². The number of rotatable bonds is 8. The molecule has 0 radical (unpaired) electrons. The van der Waals surface area contributed by atoms with Crippen LogP contribution in [0, 0.1) is 0 Å². The molecule has 2 amide bonds. The van der Waals surface area contributed by atoms with E-state index in [1.807, 2.05) is 25.1 Å². The molecule has 0 unspecified atom stereocenters. The van der Waals surface area contributed by atoms with Crippen LogP contribution in [0.2, 0.25) is 0 Å². The minimum Gasteiger partial charge on any atom is -0.494 e. The number of amides is 2. The summed E-state index contributed by atoms with van der Waals surface area (Å²) in [5.41, 5.74) is 0.634. The molecule has 2 N–H and O–H groups in total. The zero-order valence-corrected chi connectivity index (χ0v) is 14.3. The van der Waals surface area contributed by atoms with E-state index in [0.29, 0.717) is 18.0 Å². The van der Waals surface area contributed by atoms with Crippen LogP contribution in [0.5, 0.6) is 11.5 Å². The Morgan fingerprint density at radius 1 is 0.960 bits per heavy atom. The molecule has 0 fully saturated rings. The van der Waals surface area contributed by atoms with Gasteiger partial charge in [0, 0.05) is 5.69 Å². The molecule has 2 rings (SSSR count). The van der Waals surface area contributed by atoms with Crippen molar-refractivity contribution in [1.82, 2.24) is 5.32 Å². The SMILES string of the molecule is CCOc1ccc(NC(=O)[C@H](C)NC(=O)COc2ccccc2)cc1. The van der Waals surface area contributed by atoms with Gasteiger partial charge in [-0.05, 0) is 50.2 Å². The molecule has 0 aliphatic rings. The maximum absolute atomic E-state index is 12.1. The molecule has 0 aliphatic heterocycles. The van der Waals surface area contributed by atoms with Crippen LogP contribution in [0.25, 0.3) is 0 Å². The highest BCUT2D eigenvalue weighted by atomic mass is 16.5. The van der Waals surface area contributed by atoms with E-state index in [4.69, 9.17) is 9.47 Å². The Morgan fingerprint density at radius 2 is 1.60 bits per heavy atom. The lowest BCUT2D eigenvalue weighted by molar-refractivity contribution is -0.127. The van der Waals surface area contributed by atoms with Crippen molar-refractivity contribution < 1.29 is 19.1 Å². The lowest BCUT2D eigenvalue weighted by Gasteiger charge is -2.15. The summed E-state index contributed by atoms with van der Waals surface area (Å²) < 4.78 is 10.7. The molecular weight excluding hydrogens is 320 g/mol. The van der Waals surface area contributed by atoms with Gasteiger partial charge in [-0.2, -0.15) is 0 Å². The van der Waals surface area contributed by atoms with Crippen LogP contribution < -0.4 is 20.1 Å². The van der Waals surface area contributed by atoms with Crippen LogP contribution >= 0.6 is 0 Å². The molecule has 0 saturated carbocycles. The molecule has 6 heteroatoms. The number of hydrogen-bond acceptors (Lipinski definition) is 4. The highest BCUT2D eigenvalue weighted by Crippen LogP contribution is 2.15. The average molecular weight is 342 g/mol. The van der Waals surface area contributed by atoms with Crippen molar-refractivity contribution in [2.24, 2.45) is 0 Å². The minimum atomic E-state index is -0.682. The number of nitrogens with one attached hydrogen (secondary N) is 2. The zero-order chi connectivity index (χ0) is 18.1. The second-order valence-electron chi connectivity index (χ2n) is 5.34. The molecule has 0 heterocycles. The molecule has 0 aromatic heterocycles. The largest absolute Gasteiger partial charge is 0.494 e. The van der Waals surface area contributed by atoms with Crippen LogP contribution in [-0.4, -0.2) is 31.1 Å². The smallest absolute Gasteiger partial charge is 0.258 e. The molecule has 2 aromatic rings. The highest BCUT2D eigenvalue weighted by Gasteiger charge is 2.16. The van der Waals surface area contributed by atoms with Gasteiger partial charge in [0.25, 0.3) is 5.91 Å². The van der Waals surface area contributed by atoms with E-state index in [1.165, 1.54) is 0 Å². The van der Waals surface area contributed by atoms with E-state index < -0.39 is 6.04 Å². The number of carbonyl (C=O) groups is 2. The van der Waals surface area contributed by atoms with Gasteiger partial charge in [0.2, 0.25) is 5.91 Å². The van der Waals surface area contributed by atoms with Gasteiger partial charge in [-0.3, -0.25) is 9.59 Å². The molecule has 0 bridgehead atoms. The topological polar surface area (TPSA) is 76.7 Å². The van der Waals surface area contributed by atoms with Crippen molar-refractivity contribution in [3.05, 3.63) is 54.6 Å². The fraction of sp³-hybridized carbons (Fsp3) is 0.263. The number of hydrogen-bond donors (Lipinski definition) is 2. The summed E-state index contributed by atoms with van der Waals surface area (Å²) in [6.45, 7) is 3.95. The van der Waals surface area contributed by atoms with Gasteiger partial charge in [-0.25, -0.2) is 0 Å². The van der Waals surface area contributed by atoms with E-state index in [0.717, 1.165) is 5.75 Å². The van der Waals surface area contributed by atoms with Gasteiger partial charge in [-0.1, -0.05) is 18.2 Å². The molecule has 132 valence electrons. The molecule has 1 atom stereocenters. The first-order valence-corrected chi connectivity index (χ1v) is 8.09. The first kappa shape index (κ1) is 18.3. The van der Waals surface area contributed by atoms with Crippen molar-refractivity contribution in [1.29, 1.82) is 0 Å². The van der Waals surface area contributed by atoms with Gasteiger partial charge in [0.1, 0.15) is 17.5 Å². The third-order valence-electron chi connectivity index (χ3n) is 3.32. The predicted molar refractivity (Wildman–Crippen MR) is 95.8 cm³/mol. The second kappa shape index (κ2) is 9.32. The molecule has 0 aliphatic carbocycles. The van der Waals surface area contributed by atoms with E-state index in [1.54, 1.807) is 43.3 Å². The second-order valence-corrected chi connectivity index (χ2v) is 5.34. The fourth-order valence-corrected chi connectivity index (χ4v) is 2.07. The predicted octanol–water partition coefficient (Wildman–Crippen LogP) is 2.61. The summed E-state index contributed by atoms with van der Waals surface area (Å²) >= 11 is 0. The molecule has 6 nitrogen and oxygen atoms in total. The molecule has 0 saturated heterocycles. The van der Waals surface area contributed by atoms with Gasteiger partial charge >= 0.3 is 0 Å². The quantitative estimate of drug-likeness (QED) is 0.773. The Labute approximate surface area is 147 Å². The van der Waals surface area contributed by atoms with Crippen LogP contribution in [0.1, 0.15) is 13.8 Å². The summed E-state index contributed by atoms with van der Waals surface area (Å²) in [7, 11) is 0. The Kier molecular flexibility index (Phi) is 6.83. The van der Waals surface area contributed by atoms with Gasteiger partial charge in [0.15, 0.2) is 6.61 Å². The van der Waals surface area contributed by atoms with Gasteiger partial charge in [0.05, 0.1) is 6.61 Å². The normalized spacial score (nSPS) is 11.3. The highest BCUT2D eigenvalue weighted by molar-refractivity contribution is 5.97. The first-order valence-electron chi connectivity index (χ1n) is 8.09. The van der Waals surface area contributed by atoms with Crippen LogP contribution in [0.3, 0.4) is 0 Å². The van der Waals surface area contributed by atoms with Crippen LogP contribution in [0.15, 0.2) is 54.6 Å². The van der Waals surface area contributed by atoms with Crippen LogP contribution in [-0.2, 0) is 9.59 Å². The Hall–Kier alpha value is -3.02. The third kappa shape index (κ3) is 6.18. The van der Waals surface area contributed by atoms with Crippen molar-refractivity contribution >= 4 is 17.5 Å². The zero-order valence-electron chi connectivity index (χ0n) is 14.3. The molecule has 25 heavy (non-hydrogen) atoms. The average Bonchev–Trinajstić information content (AvgIpc) is 2.62. The van der Waals surface area contributed by atoms with E-state index in [2.05, 4.69) is 10.6 Å². The maximum atomic E-state index is 12.1. The van der Waals surface area contributed by atoms with Crippen molar-refractivity contribution in [3.63, 3.8) is 0 Å².